The van der Waals surface area contributed by atoms with Gasteiger partial charge in [0.2, 0.25) is 21.9 Å². The standard InChI is InChI=1S/C24H32N6O3S/c25-24-28-21(19-10-13-30(14-11-19)23(31)15-18-3-1-2-4-18)16-22(29-24)27-12-9-17-5-7-20(8-6-17)34(26,32)33/h5-8,10,16,18H,1-4,9,11-15H2,(H2,26,32,33)(H3,25,27,28,29). The monoisotopic (exact) mass is 484 g/mol. The molecule has 0 unspecified atom stereocenters. The molecule has 0 spiro atoms. The van der Waals surface area contributed by atoms with E-state index in [0.29, 0.717) is 44.2 Å². The van der Waals surface area contributed by atoms with E-state index < -0.39 is 10.0 Å². The van der Waals surface area contributed by atoms with E-state index in [0.717, 1.165) is 23.3 Å². The molecule has 2 aromatic rings. The SMILES string of the molecule is Nc1nc(NCCc2ccc(S(N)(=O)=O)cc2)cc(C2=CCN(C(=O)CC3CCCC3)CC2)n1. The molecule has 4 rings (SSSR count). The Kier molecular flexibility index (Phi) is 7.47. The van der Waals surface area contributed by atoms with E-state index in [2.05, 4.69) is 21.4 Å². The van der Waals surface area contributed by atoms with Gasteiger partial charge in [0.25, 0.3) is 0 Å². The Morgan fingerprint density at radius 3 is 2.53 bits per heavy atom. The Labute approximate surface area is 200 Å². The molecule has 10 heteroatoms. The molecule has 1 aromatic carbocycles. The number of anilines is 2. The maximum atomic E-state index is 12.6. The summed E-state index contributed by atoms with van der Waals surface area (Å²) in [5.74, 6) is 1.63. The predicted octanol–water partition coefficient (Wildman–Crippen LogP) is 2.56. The van der Waals surface area contributed by atoms with Crippen LogP contribution >= 0.6 is 0 Å². The van der Waals surface area contributed by atoms with E-state index in [1.54, 1.807) is 12.1 Å². The predicted molar refractivity (Wildman–Crippen MR) is 132 cm³/mol. The first-order valence-electron chi connectivity index (χ1n) is 11.8. The molecule has 0 bridgehead atoms. The molecule has 1 saturated carbocycles. The van der Waals surface area contributed by atoms with E-state index in [9.17, 15) is 13.2 Å². The van der Waals surface area contributed by atoms with Crippen LogP contribution in [0.4, 0.5) is 11.8 Å². The van der Waals surface area contributed by atoms with Crippen molar-refractivity contribution in [2.75, 3.05) is 30.7 Å². The molecule has 5 N–H and O–H groups in total. The lowest BCUT2D eigenvalue weighted by Crippen LogP contribution is -2.35. The fourth-order valence-electron chi connectivity index (χ4n) is 4.62. The number of benzene rings is 1. The number of nitrogens with one attached hydrogen (secondary N) is 1. The first-order chi connectivity index (χ1) is 16.3. The molecular weight excluding hydrogens is 452 g/mol. The normalized spacial score (nSPS) is 17.0. The Hall–Kier alpha value is -2.98. The Morgan fingerprint density at radius 1 is 1.15 bits per heavy atom. The summed E-state index contributed by atoms with van der Waals surface area (Å²) in [4.78, 5) is 23.3. The molecule has 1 aliphatic carbocycles. The van der Waals surface area contributed by atoms with E-state index in [1.807, 2.05) is 11.0 Å². The summed E-state index contributed by atoms with van der Waals surface area (Å²) >= 11 is 0. The number of aromatic nitrogens is 2. The number of amides is 1. The number of carbonyl (C=O) groups excluding carboxylic acids is 1. The van der Waals surface area contributed by atoms with E-state index in [1.165, 1.54) is 37.8 Å². The minimum Gasteiger partial charge on any atom is -0.370 e. The topological polar surface area (TPSA) is 144 Å². The number of primary sulfonamides is 1. The summed E-state index contributed by atoms with van der Waals surface area (Å²) in [5.41, 5.74) is 8.77. The second-order valence-corrected chi connectivity index (χ2v) is 10.6. The maximum absolute atomic E-state index is 12.6. The second kappa shape index (κ2) is 10.5. The second-order valence-electron chi connectivity index (χ2n) is 9.04. The van der Waals surface area contributed by atoms with Gasteiger partial charge in [0.05, 0.1) is 10.6 Å². The number of hydrogen-bond acceptors (Lipinski definition) is 7. The number of nitrogen functional groups attached to an aromatic ring is 1. The summed E-state index contributed by atoms with van der Waals surface area (Å²) < 4.78 is 22.7. The van der Waals surface area contributed by atoms with Crippen molar-refractivity contribution in [1.82, 2.24) is 14.9 Å². The van der Waals surface area contributed by atoms with Crippen LogP contribution in [0.25, 0.3) is 5.57 Å². The zero-order valence-corrected chi connectivity index (χ0v) is 20.1. The van der Waals surface area contributed by atoms with Crippen LogP contribution in [-0.4, -0.2) is 48.8 Å². The first-order valence-corrected chi connectivity index (χ1v) is 13.3. The molecule has 1 aliphatic heterocycles. The van der Waals surface area contributed by atoms with Crippen LogP contribution in [0.2, 0.25) is 0 Å². The first kappa shape index (κ1) is 24.2. The van der Waals surface area contributed by atoms with Gasteiger partial charge >= 0.3 is 0 Å². The molecule has 34 heavy (non-hydrogen) atoms. The van der Waals surface area contributed by atoms with Crippen LogP contribution in [0.1, 0.15) is 49.8 Å². The van der Waals surface area contributed by atoms with Crippen LogP contribution in [-0.2, 0) is 21.2 Å². The number of hydrogen-bond donors (Lipinski definition) is 3. The van der Waals surface area contributed by atoms with Gasteiger partial charge in [-0.05, 0) is 54.9 Å². The van der Waals surface area contributed by atoms with Crippen molar-refractivity contribution in [2.24, 2.45) is 11.1 Å². The summed E-state index contributed by atoms with van der Waals surface area (Å²) in [6.45, 7) is 1.88. The number of rotatable bonds is 8. The van der Waals surface area contributed by atoms with Crippen LogP contribution in [0.3, 0.4) is 0 Å². The van der Waals surface area contributed by atoms with Crippen molar-refractivity contribution in [3.8, 4) is 0 Å². The minimum absolute atomic E-state index is 0.0944. The largest absolute Gasteiger partial charge is 0.370 e. The van der Waals surface area contributed by atoms with Gasteiger partial charge in [-0.2, -0.15) is 4.98 Å². The van der Waals surface area contributed by atoms with E-state index >= 15 is 0 Å². The molecular formula is C24H32N6O3S. The van der Waals surface area contributed by atoms with Crippen LogP contribution in [0.15, 0.2) is 41.3 Å². The fraction of sp³-hybridized carbons (Fsp3) is 0.458. The molecule has 2 aliphatic rings. The van der Waals surface area contributed by atoms with Crippen molar-refractivity contribution in [3.05, 3.63) is 47.7 Å². The van der Waals surface area contributed by atoms with Crippen LogP contribution in [0, 0.1) is 5.92 Å². The summed E-state index contributed by atoms with van der Waals surface area (Å²) in [5, 5.41) is 8.40. The molecule has 0 radical (unpaired) electrons. The molecule has 9 nitrogen and oxygen atoms in total. The molecule has 1 amide bonds. The molecule has 0 atom stereocenters. The van der Waals surface area contributed by atoms with Gasteiger partial charge in [0.15, 0.2) is 0 Å². The quantitative estimate of drug-likeness (QED) is 0.522. The summed E-state index contributed by atoms with van der Waals surface area (Å²) in [6.07, 6.45) is 9.00. The average molecular weight is 485 g/mol. The summed E-state index contributed by atoms with van der Waals surface area (Å²) in [7, 11) is -3.69. The highest BCUT2D eigenvalue weighted by Gasteiger charge is 2.24. The van der Waals surface area contributed by atoms with Gasteiger partial charge in [-0.3, -0.25) is 4.79 Å². The Bertz CT molecular complexity index is 1160. The number of nitrogens with two attached hydrogens (primary N) is 2. The Morgan fingerprint density at radius 2 is 1.88 bits per heavy atom. The third-order valence-corrected chi connectivity index (χ3v) is 7.47. The molecule has 1 aromatic heterocycles. The highest BCUT2D eigenvalue weighted by molar-refractivity contribution is 7.89. The zero-order valence-electron chi connectivity index (χ0n) is 19.2. The van der Waals surface area contributed by atoms with Gasteiger partial charge in [0.1, 0.15) is 5.82 Å². The van der Waals surface area contributed by atoms with Gasteiger partial charge < -0.3 is 16.0 Å². The maximum Gasteiger partial charge on any atom is 0.238 e. The average Bonchev–Trinajstić information content (AvgIpc) is 3.32. The van der Waals surface area contributed by atoms with Crippen molar-refractivity contribution >= 4 is 33.3 Å². The lowest BCUT2D eigenvalue weighted by molar-refractivity contribution is -0.131. The lowest BCUT2D eigenvalue weighted by Gasteiger charge is -2.27. The van der Waals surface area contributed by atoms with Crippen LogP contribution in [0.5, 0.6) is 0 Å². The van der Waals surface area contributed by atoms with Gasteiger partial charge in [0, 0.05) is 32.1 Å². The van der Waals surface area contributed by atoms with Gasteiger partial charge in [-0.15, -0.1) is 0 Å². The Balaban J connectivity index is 1.33. The number of sulfonamides is 1. The third kappa shape index (κ3) is 6.32. The van der Waals surface area contributed by atoms with Crippen LogP contribution < -0.4 is 16.2 Å². The molecule has 182 valence electrons. The lowest BCUT2D eigenvalue weighted by atomic mass is 10.0. The molecule has 2 heterocycles. The van der Waals surface area contributed by atoms with E-state index in [4.69, 9.17) is 10.9 Å². The van der Waals surface area contributed by atoms with E-state index in [-0.39, 0.29) is 16.8 Å². The number of carbonyl (C=O) groups is 1. The third-order valence-electron chi connectivity index (χ3n) is 6.54. The smallest absolute Gasteiger partial charge is 0.238 e. The molecule has 1 fully saturated rings. The van der Waals surface area contributed by atoms with Crippen molar-refractivity contribution < 1.29 is 13.2 Å². The van der Waals surface area contributed by atoms with Gasteiger partial charge in [-0.1, -0.05) is 31.1 Å². The summed E-state index contributed by atoms with van der Waals surface area (Å²) in [6, 6.07) is 8.37. The van der Waals surface area contributed by atoms with Gasteiger partial charge in [-0.25, -0.2) is 18.5 Å². The minimum atomic E-state index is -3.69. The van der Waals surface area contributed by atoms with Crippen molar-refractivity contribution in [2.45, 2.75) is 49.8 Å². The fourth-order valence-corrected chi connectivity index (χ4v) is 5.14. The highest BCUT2D eigenvalue weighted by atomic mass is 32.2. The molecule has 0 saturated heterocycles. The van der Waals surface area contributed by atoms with Crippen molar-refractivity contribution in [1.29, 1.82) is 0 Å². The highest BCUT2D eigenvalue weighted by Crippen LogP contribution is 2.29. The van der Waals surface area contributed by atoms with Crippen molar-refractivity contribution in [3.63, 3.8) is 0 Å². The zero-order chi connectivity index (χ0) is 24.1. The number of nitrogens with zero attached hydrogens (tertiary/aromatic N) is 3.